The highest BCUT2D eigenvalue weighted by atomic mass is 127. The Labute approximate surface area is 176 Å². The fourth-order valence-corrected chi connectivity index (χ4v) is 3.41. The molecule has 0 aromatic carbocycles. The Morgan fingerprint density at radius 1 is 1.23 bits per heavy atom. The van der Waals surface area contributed by atoms with Crippen LogP contribution in [0.1, 0.15) is 53.4 Å². The molecule has 1 saturated heterocycles. The van der Waals surface area contributed by atoms with Gasteiger partial charge in [0.05, 0.1) is 0 Å². The van der Waals surface area contributed by atoms with Gasteiger partial charge in [0.1, 0.15) is 0 Å². The molecule has 0 spiro atoms. The van der Waals surface area contributed by atoms with E-state index < -0.39 is 0 Å². The van der Waals surface area contributed by atoms with Crippen LogP contribution in [-0.4, -0.2) is 61.6 Å². The van der Waals surface area contributed by atoms with Crippen molar-refractivity contribution < 1.29 is 4.79 Å². The van der Waals surface area contributed by atoms with Gasteiger partial charge in [-0.15, -0.1) is 24.0 Å². The van der Waals surface area contributed by atoms with Gasteiger partial charge in [0, 0.05) is 50.7 Å². The summed E-state index contributed by atoms with van der Waals surface area (Å²) in [7, 11) is 0. The van der Waals surface area contributed by atoms with Crippen molar-refractivity contribution in [1.82, 2.24) is 20.9 Å². The molecule has 0 bridgehead atoms. The molecular weight excluding hydrogens is 441 g/mol. The van der Waals surface area contributed by atoms with Crippen LogP contribution in [0.3, 0.4) is 0 Å². The first kappa shape index (κ1) is 23.5. The van der Waals surface area contributed by atoms with E-state index in [1.54, 1.807) is 0 Å². The SMILES string of the molecule is CCNC(=NCCCNC(=O)C1CCC1)NC1CN(C(C)C)CC1C.I. The van der Waals surface area contributed by atoms with Crippen LogP contribution in [0.4, 0.5) is 0 Å². The highest BCUT2D eigenvalue weighted by molar-refractivity contribution is 14.0. The Kier molecular flexibility index (Phi) is 10.8. The molecule has 1 amide bonds. The summed E-state index contributed by atoms with van der Waals surface area (Å²) in [5.41, 5.74) is 0. The van der Waals surface area contributed by atoms with Crippen molar-refractivity contribution in [3.05, 3.63) is 0 Å². The Hall–Kier alpha value is -0.570. The quantitative estimate of drug-likeness (QED) is 0.216. The standard InChI is InChI=1S/C19H37N5O.HI/c1-5-20-19(23-17-13-24(14(2)3)12-15(17)4)22-11-7-10-21-18(25)16-8-6-9-16;/h14-17H,5-13H2,1-4H3,(H,21,25)(H2,20,22,23);1H. The van der Waals surface area contributed by atoms with Gasteiger partial charge in [-0.25, -0.2) is 0 Å². The molecule has 1 saturated carbocycles. The first-order valence-electron chi connectivity index (χ1n) is 10.1. The molecule has 1 aliphatic heterocycles. The molecule has 6 nitrogen and oxygen atoms in total. The number of amides is 1. The molecule has 152 valence electrons. The predicted molar refractivity (Wildman–Crippen MR) is 119 cm³/mol. The lowest BCUT2D eigenvalue weighted by Gasteiger charge is -2.24. The summed E-state index contributed by atoms with van der Waals surface area (Å²) in [4.78, 5) is 19.0. The minimum atomic E-state index is 0. The maximum Gasteiger partial charge on any atom is 0.223 e. The zero-order valence-electron chi connectivity index (χ0n) is 16.9. The van der Waals surface area contributed by atoms with E-state index in [0.717, 1.165) is 57.9 Å². The first-order valence-corrected chi connectivity index (χ1v) is 10.1. The van der Waals surface area contributed by atoms with Crippen LogP contribution < -0.4 is 16.0 Å². The maximum absolute atomic E-state index is 11.8. The number of hydrogen-bond acceptors (Lipinski definition) is 3. The van der Waals surface area contributed by atoms with Gasteiger partial charge in [0.2, 0.25) is 5.91 Å². The number of likely N-dealkylation sites (tertiary alicyclic amines) is 1. The van der Waals surface area contributed by atoms with Gasteiger partial charge in [-0.3, -0.25) is 14.7 Å². The van der Waals surface area contributed by atoms with Crippen LogP contribution in [0.5, 0.6) is 0 Å². The van der Waals surface area contributed by atoms with Crippen molar-refractivity contribution in [2.45, 2.75) is 65.5 Å². The number of guanidine groups is 1. The molecule has 1 aliphatic carbocycles. The van der Waals surface area contributed by atoms with E-state index in [9.17, 15) is 4.79 Å². The van der Waals surface area contributed by atoms with Gasteiger partial charge in [0.25, 0.3) is 0 Å². The van der Waals surface area contributed by atoms with Crippen molar-refractivity contribution in [3.8, 4) is 0 Å². The predicted octanol–water partition coefficient (Wildman–Crippen LogP) is 2.19. The third-order valence-corrected chi connectivity index (χ3v) is 5.42. The van der Waals surface area contributed by atoms with Crippen molar-refractivity contribution in [2.24, 2.45) is 16.8 Å². The molecule has 2 unspecified atom stereocenters. The molecule has 2 aliphatic rings. The smallest absolute Gasteiger partial charge is 0.223 e. The molecule has 2 fully saturated rings. The summed E-state index contributed by atoms with van der Waals surface area (Å²) >= 11 is 0. The van der Waals surface area contributed by atoms with Crippen LogP contribution >= 0.6 is 24.0 Å². The number of halogens is 1. The largest absolute Gasteiger partial charge is 0.357 e. The molecule has 1 heterocycles. The van der Waals surface area contributed by atoms with E-state index in [2.05, 4.69) is 53.5 Å². The van der Waals surface area contributed by atoms with Crippen molar-refractivity contribution in [1.29, 1.82) is 0 Å². The highest BCUT2D eigenvalue weighted by Gasteiger charge is 2.31. The number of aliphatic imine (C=N–C) groups is 1. The summed E-state index contributed by atoms with van der Waals surface area (Å²) in [5, 5.41) is 9.97. The van der Waals surface area contributed by atoms with Crippen LogP contribution in [-0.2, 0) is 4.79 Å². The second-order valence-corrected chi connectivity index (χ2v) is 7.81. The third-order valence-electron chi connectivity index (χ3n) is 5.42. The normalized spacial score (nSPS) is 24.1. The summed E-state index contributed by atoms with van der Waals surface area (Å²) < 4.78 is 0. The van der Waals surface area contributed by atoms with Crippen LogP contribution in [0.25, 0.3) is 0 Å². The maximum atomic E-state index is 11.8. The van der Waals surface area contributed by atoms with Gasteiger partial charge >= 0.3 is 0 Å². The fourth-order valence-electron chi connectivity index (χ4n) is 3.41. The molecule has 26 heavy (non-hydrogen) atoms. The monoisotopic (exact) mass is 479 g/mol. The molecule has 0 aromatic rings. The lowest BCUT2D eigenvalue weighted by Crippen LogP contribution is -2.47. The second-order valence-electron chi connectivity index (χ2n) is 7.81. The fraction of sp³-hybridized carbons (Fsp3) is 0.895. The second kappa shape index (κ2) is 12.0. The average molecular weight is 479 g/mol. The van der Waals surface area contributed by atoms with E-state index in [4.69, 9.17) is 0 Å². The Morgan fingerprint density at radius 3 is 2.50 bits per heavy atom. The summed E-state index contributed by atoms with van der Waals surface area (Å²) in [6.07, 6.45) is 4.21. The van der Waals surface area contributed by atoms with E-state index >= 15 is 0 Å². The Morgan fingerprint density at radius 2 is 1.96 bits per heavy atom. The summed E-state index contributed by atoms with van der Waals surface area (Å²) in [6, 6.07) is 1.03. The number of hydrogen-bond donors (Lipinski definition) is 3. The zero-order chi connectivity index (χ0) is 18.2. The number of rotatable bonds is 8. The Balaban J connectivity index is 0.00000338. The van der Waals surface area contributed by atoms with E-state index in [-0.39, 0.29) is 35.8 Å². The lowest BCUT2D eigenvalue weighted by atomic mass is 9.85. The number of nitrogens with zero attached hydrogens (tertiary/aromatic N) is 2. The molecule has 2 atom stereocenters. The molecule has 0 aromatic heterocycles. The molecule has 0 radical (unpaired) electrons. The van der Waals surface area contributed by atoms with Crippen LogP contribution in [0.2, 0.25) is 0 Å². The minimum absolute atomic E-state index is 0. The van der Waals surface area contributed by atoms with Gasteiger partial charge in [-0.1, -0.05) is 13.3 Å². The van der Waals surface area contributed by atoms with E-state index in [1.165, 1.54) is 6.42 Å². The van der Waals surface area contributed by atoms with Gasteiger partial charge < -0.3 is 16.0 Å². The van der Waals surface area contributed by atoms with Gasteiger partial charge in [-0.2, -0.15) is 0 Å². The van der Waals surface area contributed by atoms with E-state index in [1.807, 2.05) is 0 Å². The molecule has 7 heteroatoms. The van der Waals surface area contributed by atoms with Crippen LogP contribution in [0.15, 0.2) is 4.99 Å². The first-order chi connectivity index (χ1) is 12.0. The summed E-state index contributed by atoms with van der Waals surface area (Å²) in [5.74, 6) is 2.02. The van der Waals surface area contributed by atoms with Gasteiger partial charge in [0.15, 0.2) is 5.96 Å². The third kappa shape index (κ3) is 7.21. The minimum Gasteiger partial charge on any atom is -0.357 e. The van der Waals surface area contributed by atoms with Crippen molar-refractivity contribution in [2.75, 3.05) is 32.7 Å². The molecule has 3 N–H and O–H groups in total. The lowest BCUT2D eigenvalue weighted by molar-refractivity contribution is -0.127. The molecule has 2 rings (SSSR count). The van der Waals surface area contributed by atoms with E-state index in [0.29, 0.717) is 18.0 Å². The number of carbonyl (C=O) groups excluding carboxylic acids is 1. The van der Waals surface area contributed by atoms with Crippen molar-refractivity contribution >= 4 is 35.8 Å². The average Bonchev–Trinajstić information content (AvgIpc) is 2.86. The highest BCUT2D eigenvalue weighted by Crippen LogP contribution is 2.26. The molecular formula is C19H38IN5O. The Bertz CT molecular complexity index is 453. The number of nitrogens with one attached hydrogen (secondary N) is 3. The van der Waals surface area contributed by atoms with Crippen molar-refractivity contribution in [3.63, 3.8) is 0 Å². The van der Waals surface area contributed by atoms with Crippen LogP contribution in [0, 0.1) is 11.8 Å². The number of carbonyl (C=O) groups is 1. The van der Waals surface area contributed by atoms with Gasteiger partial charge in [-0.05, 0) is 46.0 Å². The zero-order valence-corrected chi connectivity index (χ0v) is 19.2. The topological polar surface area (TPSA) is 68.8 Å². The summed E-state index contributed by atoms with van der Waals surface area (Å²) in [6.45, 7) is 13.4.